The van der Waals surface area contributed by atoms with Gasteiger partial charge >= 0.3 is 0 Å². The van der Waals surface area contributed by atoms with Crippen molar-refractivity contribution >= 4 is 5.82 Å². The first kappa shape index (κ1) is 12.5. The smallest absolute Gasteiger partial charge is 0.123 e. The lowest BCUT2D eigenvalue weighted by molar-refractivity contribution is 0.589. The maximum atomic E-state index is 5.54. The van der Waals surface area contributed by atoms with Gasteiger partial charge in [0.15, 0.2) is 0 Å². The fourth-order valence-corrected chi connectivity index (χ4v) is 0.915. The van der Waals surface area contributed by atoms with Gasteiger partial charge in [0.1, 0.15) is 5.82 Å². The lowest BCUT2D eigenvalue weighted by atomic mass is 9.88. The third-order valence-corrected chi connectivity index (χ3v) is 1.65. The molecule has 3 nitrogen and oxygen atoms in total. The van der Waals surface area contributed by atoms with Crippen molar-refractivity contribution in [2.75, 3.05) is 5.73 Å². The van der Waals surface area contributed by atoms with Crippen LogP contribution < -0.4 is 11.5 Å². The second kappa shape index (κ2) is 5.27. The molecule has 0 aliphatic carbocycles. The summed E-state index contributed by atoms with van der Waals surface area (Å²) < 4.78 is 0. The summed E-state index contributed by atoms with van der Waals surface area (Å²) in [5, 5.41) is 0. The van der Waals surface area contributed by atoms with E-state index in [-0.39, 0.29) is 5.41 Å². The number of nitrogen functional groups attached to an aromatic ring is 1. The van der Waals surface area contributed by atoms with Crippen LogP contribution in [0.25, 0.3) is 0 Å². The van der Waals surface area contributed by atoms with Gasteiger partial charge in [-0.1, -0.05) is 27.4 Å². The molecule has 1 aromatic heterocycles. The largest absolute Gasteiger partial charge is 0.405 e. The van der Waals surface area contributed by atoms with Crippen LogP contribution >= 0.6 is 0 Å². The molecule has 14 heavy (non-hydrogen) atoms. The Morgan fingerprint density at radius 1 is 1.43 bits per heavy atom. The van der Waals surface area contributed by atoms with Crippen molar-refractivity contribution in [1.82, 2.24) is 4.98 Å². The van der Waals surface area contributed by atoms with Crippen LogP contribution in [0.4, 0.5) is 5.82 Å². The van der Waals surface area contributed by atoms with E-state index < -0.39 is 0 Å². The van der Waals surface area contributed by atoms with Gasteiger partial charge in [0.05, 0.1) is 0 Å². The zero-order valence-electron chi connectivity index (χ0n) is 9.12. The third-order valence-electron chi connectivity index (χ3n) is 1.65. The van der Waals surface area contributed by atoms with Gasteiger partial charge in [-0.2, -0.15) is 0 Å². The maximum absolute atomic E-state index is 5.54. The molecular weight excluding hydrogens is 174 g/mol. The van der Waals surface area contributed by atoms with E-state index in [9.17, 15) is 0 Å². The van der Waals surface area contributed by atoms with Crippen molar-refractivity contribution in [1.29, 1.82) is 0 Å². The first-order valence-corrected chi connectivity index (χ1v) is 4.46. The topological polar surface area (TPSA) is 64.9 Å². The van der Waals surface area contributed by atoms with Gasteiger partial charge in [0, 0.05) is 6.20 Å². The Labute approximate surface area is 85.8 Å². The Hall–Kier alpha value is -1.51. The van der Waals surface area contributed by atoms with Gasteiger partial charge < -0.3 is 11.5 Å². The van der Waals surface area contributed by atoms with Crippen LogP contribution in [-0.2, 0) is 5.41 Å². The summed E-state index contributed by atoms with van der Waals surface area (Å²) in [5.74, 6) is 0.595. The Bertz CT molecular complexity index is 287. The average Bonchev–Trinajstić information content (AvgIpc) is 2.04. The van der Waals surface area contributed by atoms with Crippen molar-refractivity contribution in [2.24, 2.45) is 5.73 Å². The number of hydrogen-bond acceptors (Lipinski definition) is 3. The molecule has 0 bridgehead atoms. The number of rotatable bonds is 0. The Kier molecular flexibility index (Phi) is 4.70. The molecule has 1 aromatic rings. The molecule has 0 atom stereocenters. The fraction of sp³-hybridized carbons (Fsp3) is 0.364. The SMILES string of the molecule is C=CN.CC(C)(C)c1ccnc(N)c1. The summed E-state index contributed by atoms with van der Waals surface area (Å²) in [6, 6.07) is 3.91. The van der Waals surface area contributed by atoms with Crippen LogP contribution in [0.5, 0.6) is 0 Å². The molecular formula is C11H19N3. The van der Waals surface area contributed by atoms with Gasteiger partial charge in [-0.3, -0.25) is 0 Å². The highest BCUT2D eigenvalue weighted by atomic mass is 14.8. The minimum Gasteiger partial charge on any atom is -0.405 e. The average molecular weight is 193 g/mol. The minimum absolute atomic E-state index is 0.164. The van der Waals surface area contributed by atoms with Crippen molar-refractivity contribution in [2.45, 2.75) is 26.2 Å². The maximum Gasteiger partial charge on any atom is 0.123 e. The number of nitrogens with two attached hydrogens (primary N) is 2. The van der Waals surface area contributed by atoms with Crippen LogP contribution in [0.2, 0.25) is 0 Å². The molecule has 78 valence electrons. The highest BCUT2D eigenvalue weighted by molar-refractivity contribution is 5.35. The minimum atomic E-state index is 0.164. The molecule has 0 radical (unpaired) electrons. The summed E-state index contributed by atoms with van der Waals surface area (Å²) in [4.78, 5) is 3.93. The van der Waals surface area contributed by atoms with Crippen LogP contribution in [0.3, 0.4) is 0 Å². The highest BCUT2D eigenvalue weighted by Crippen LogP contribution is 2.22. The van der Waals surface area contributed by atoms with E-state index in [2.05, 4.69) is 38.1 Å². The molecule has 0 amide bonds. The van der Waals surface area contributed by atoms with Gasteiger partial charge in [0.25, 0.3) is 0 Å². The van der Waals surface area contributed by atoms with Crippen molar-refractivity contribution < 1.29 is 0 Å². The van der Waals surface area contributed by atoms with E-state index in [4.69, 9.17) is 5.73 Å². The molecule has 1 rings (SSSR count). The number of nitrogens with zero attached hydrogens (tertiary/aromatic N) is 1. The zero-order chi connectivity index (χ0) is 11.2. The molecule has 0 aromatic carbocycles. The van der Waals surface area contributed by atoms with Gasteiger partial charge in [-0.25, -0.2) is 4.98 Å². The van der Waals surface area contributed by atoms with E-state index in [1.54, 1.807) is 6.20 Å². The molecule has 0 unspecified atom stereocenters. The Morgan fingerprint density at radius 3 is 2.21 bits per heavy atom. The quantitative estimate of drug-likeness (QED) is 0.662. The van der Waals surface area contributed by atoms with Crippen LogP contribution in [0, 0.1) is 0 Å². The fourth-order valence-electron chi connectivity index (χ4n) is 0.915. The molecule has 4 N–H and O–H groups in total. The monoisotopic (exact) mass is 193 g/mol. The van der Waals surface area contributed by atoms with Crippen LogP contribution in [0.1, 0.15) is 26.3 Å². The highest BCUT2D eigenvalue weighted by Gasteiger charge is 2.12. The standard InChI is InChI=1S/C9H14N2.C2H5N/c1-9(2,3)7-4-5-11-8(10)6-7;1-2-3/h4-6H,1-3H3,(H2,10,11);2H,1,3H2. The lowest BCUT2D eigenvalue weighted by Gasteiger charge is -2.18. The molecule has 3 heteroatoms. The zero-order valence-corrected chi connectivity index (χ0v) is 9.12. The first-order valence-electron chi connectivity index (χ1n) is 4.46. The lowest BCUT2D eigenvalue weighted by Crippen LogP contribution is -2.11. The van der Waals surface area contributed by atoms with E-state index in [1.807, 2.05) is 12.1 Å². The summed E-state index contributed by atoms with van der Waals surface area (Å²) >= 11 is 0. The summed E-state index contributed by atoms with van der Waals surface area (Å²) in [5.41, 5.74) is 11.5. The number of anilines is 1. The molecule has 0 spiro atoms. The number of pyridine rings is 1. The van der Waals surface area contributed by atoms with Gasteiger partial charge in [0.2, 0.25) is 0 Å². The second-order valence-corrected chi connectivity index (χ2v) is 3.96. The molecule has 0 saturated heterocycles. The molecule has 0 saturated carbocycles. The van der Waals surface area contributed by atoms with Crippen LogP contribution in [0.15, 0.2) is 31.1 Å². The van der Waals surface area contributed by atoms with Gasteiger partial charge in [-0.15, -0.1) is 0 Å². The van der Waals surface area contributed by atoms with E-state index in [0.29, 0.717) is 5.82 Å². The van der Waals surface area contributed by atoms with Crippen molar-refractivity contribution in [3.8, 4) is 0 Å². The van der Waals surface area contributed by atoms with Crippen molar-refractivity contribution in [3.05, 3.63) is 36.7 Å². The molecule has 1 heterocycles. The number of aromatic nitrogens is 1. The summed E-state index contributed by atoms with van der Waals surface area (Å²) in [6.45, 7) is 9.60. The van der Waals surface area contributed by atoms with E-state index in [0.717, 1.165) is 0 Å². The molecule has 0 aliphatic heterocycles. The van der Waals surface area contributed by atoms with Crippen molar-refractivity contribution in [3.63, 3.8) is 0 Å². The predicted octanol–water partition coefficient (Wildman–Crippen LogP) is 2.05. The van der Waals surface area contributed by atoms with E-state index >= 15 is 0 Å². The predicted molar refractivity (Wildman–Crippen MR) is 61.7 cm³/mol. The Balaban J connectivity index is 0.000000500. The third kappa shape index (κ3) is 4.50. The molecule has 0 aliphatic rings. The molecule has 0 fully saturated rings. The second-order valence-electron chi connectivity index (χ2n) is 3.96. The van der Waals surface area contributed by atoms with Crippen LogP contribution in [-0.4, -0.2) is 4.98 Å². The normalized spacial score (nSPS) is 9.93. The van der Waals surface area contributed by atoms with Gasteiger partial charge in [-0.05, 0) is 29.3 Å². The summed E-state index contributed by atoms with van der Waals surface area (Å²) in [7, 11) is 0. The Morgan fingerprint density at radius 2 is 1.93 bits per heavy atom. The first-order chi connectivity index (χ1) is 6.41. The summed E-state index contributed by atoms with van der Waals surface area (Å²) in [6.07, 6.45) is 3.00. The van der Waals surface area contributed by atoms with E-state index in [1.165, 1.54) is 11.8 Å². The number of hydrogen-bond donors (Lipinski definition) is 2.